The molecule has 2 atom stereocenters. The van der Waals surface area contributed by atoms with Crippen molar-refractivity contribution in [2.45, 2.75) is 32.2 Å². The number of likely N-dealkylation sites (tertiary alicyclic amines) is 1. The summed E-state index contributed by atoms with van der Waals surface area (Å²) in [5, 5.41) is 0.722. The summed E-state index contributed by atoms with van der Waals surface area (Å²) >= 11 is 11.9. The van der Waals surface area contributed by atoms with Crippen molar-refractivity contribution in [3.8, 4) is 0 Å². The van der Waals surface area contributed by atoms with Crippen molar-refractivity contribution in [2.75, 3.05) is 13.1 Å². The highest BCUT2D eigenvalue weighted by molar-refractivity contribution is 6.32. The van der Waals surface area contributed by atoms with Crippen molar-refractivity contribution in [1.82, 2.24) is 14.9 Å². The normalized spacial score (nSPS) is 33.5. The Labute approximate surface area is 123 Å². The van der Waals surface area contributed by atoms with Crippen LogP contribution in [0.4, 0.5) is 0 Å². The molecule has 0 bridgehead atoms. The third-order valence-electron chi connectivity index (χ3n) is 4.94. The number of halogens is 2. The molecule has 5 heteroatoms. The molecule has 1 aromatic rings. The molecule has 3 nitrogen and oxygen atoms in total. The van der Waals surface area contributed by atoms with E-state index in [-0.39, 0.29) is 5.28 Å². The Morgan fingerprint density at radius 3 is 2.95 bits per heavy atom. The second-order valence-corrected chi connectivity index (χ2v) is 7.23. The van der Waals surface area contributed by atoms with Crippen molar-refractivity contribution >= 4 is 23.2 Å². The number of piperidine rings is 1. The van der Waals surface area contributed by atoms with Gasteiger partial charge in [-0.2, -0.15) is 0 Å². The second-order valence-electron chi connectivity index (χ2n) is 6.54. The van der Waals surface area contributed by atoms with Crippen molar-refractivity contribution < 1.29 is 0 Å². The van der Waals surface area contributed by atoms with Gasteiger partial charge in [0.2, 0.25) is 5.28 Å². The summed E-state index contributed by atoms with van der Waals surface area (Å²) in [7, 11) is 0. The van der Waals surface area contributed by atoms with Gasteiger partial charge in [0.1, 0.15) is 5.15 Å². The highest BCUT2D eigenvalue weighted by atomic mass is 35.5. The van der Waals surface area contributed by atoms with Gasteiger partial charge in [0.15, 0.2) is 0 Å². The predicted octanol–water partition coefficient (Wildman–Crippen LogP) is 3.41. The number of hydrogen-bond donors (Lipinski definition) is 0. The maximum atomic E-state index is 6.12. The molecule has 0 aromatic carbocycles. The third kappa shape index (κ3) is 2.37. The fourth-order valence-corrected chi connectivity index (χ4v) is 4.12. The van der Waals surface area contributed by atoms with E-state index in [1.165, 1.54) is 38.8 Å². The van der Waals surface area contributed by atoms with Crippen LogP contribution in [0.1, 0.15) is 31.2 Å². The van der Waals surface area contributed by atoms with E-state index >= 15 is 0 Å². The minimum atomic E-state index is 0.225. The molecule has 0 N–H and O–H groups in total. The van der Waals surface area contributed by atoms with Crippen LogP contribution in [0.25, 0.3) is 0 Å². The van der Waals surface area contributed by atoms with Crippen molar-refractivity contribution in [3.63, 3.8) is 0 Å². The summed E-state index contributed by atoms with van der Waals surface area (Å²) in [6.07, 6.45) is 7.59. The van der Waals surface area contributed by atoms with Gasteiger partial charge in [-0.25, -0.2) is 9.97 Å². The number of hydrogen-bond acceptors (Lipinski definition) is 3. The minimum absolute atomic E-state index is 0.225. The maximum absolute atomic E-state index is 6.12. The van der Waals surface area contributed by atoms with Crippen LogP contribution >= 0.6 is 23.2 Å². The molecule has 19 heavy (non-hydrogen) atoms. The first-order chi connectivity index (χ1) is 9.14. The van der Waals surface area contributed by atoms with Crippen molar-refractivity contribution in [2.24, 2.45) is 17.3 Å². The van der Waals surface area contributed by atoms with Crippen LogP contribution in [0.5, 0.6) is 0 Å². The van der Waals surface area contributed by atoms with Gasteiger partial charge in [-0.3, -0.25) is 4.90 Å². The van der Waals surface area contributed by atoms with Crippen LogP contribution in [0.15, 0.2) is 6.20 Å². The molecule has 1 saturated heterocycles. The Hall–Kier alpha value is -0.380. The molecule has 102 valence electrons. The van der Waals surface area contributed by atoms with E-state index in [2.05, 4.69) is 14.9 Å². The largest absolute Gasteiger partial charge is 0.298 e. The van der Waals surface area contributed by atoms with Gasteiger partial charge in [0.25, 0.3) is 0 Å². The summed E-state index contributed by atoms with van der Waals surface area (Å²) in [5.74, 6) is 1.97. The first-order valence-corrected chi connectivity index (χ1v) is 7.79. The lowest BCUT2D eigenvalue weighted by atomic mass is 9.98. The van der Waals surface area contributed by atoms with Crippen LogP contribution in [-0.4, -0.2) is 28.0 Å². The van der Waals surface area contributed by atoms with Gasteiger partial charge >= 0.3 is 0 Å². The van der Waals surface area contributed by atoms with Crippen LogP contribution in [0.2, 0.25) is 10.4 Å². The standard InChI is InChI=1S/C14H17Cl2N3/c15-12-10(5-17-13(16)18-12)6-19-7-11-4-14(11,8-19)3-9-1-2-9/h5,9,11H,1-4,6-8H2. The van der Waals surface area contributed by atoms with Crippen molar-refractivity contribution in [1.29, 1.82) is 0 Å². The average molecular weight is 298 g/mol. The number of nitrogens with zero attached hydrogens (tertiary/aromatic N) is 3. The highest BCUT2D eigenvalue weighted by Crippen LogP contribution is 2.63. The molecule has 3 fully saturated rings. The summed E-state index contributed by atoms with van der Waals surface area (Å²) in [5.41, 5.74) is 1.65. The van der Waals surface area contributed by atoms with E-state index in [9.17, 15) is 0 Å². The second kappa shape index (κ2) is 4.31. The molecule has 3 aliphatic rings. The SMILES string of the molecule is Clc1ncc(CN2CC3CC3(CC3CC3)C2)c(Cl)n1. The van der Waals surface area contributed by atoms with E-state index in [0.717, 1.165) is 23.9 Å². The van der Waals surface area contributed by atoms with Crippen LogP contribution in [0.3, 0.4) is 0 Å². The highest BCUT2D eigenvalue weighted by Gasteiger charge is 2.60. The molecule has 4 rings (SSSR count). The Morgan fingerprint density at radius 1 is 1.37 bits per heavy atom. The third-order valence-corrected chi connectivity index (χ3v) is 5.45. The quantitative estimate of drug-likeness (QED) is 0.630. The summed E-state index contributed by atoms with van der Waals surface area (Å²) in [4.78, 5) is 10.6. The minimum Gasteiger partial charge on any atom is -0.298 e. The van der Waals surface area contributed by atoms with Gasteiger partial charge < -0.3 is 0 Å². The first kappa shape index (κ1) is 12.4. The lowest BCUT2D eigenvalue weighted by Crippen LogP contribution is -2.25. The van der Waals surface area contributed by atoms with Crippen molar-refractivity contribution in [3.05, 3.63) is 22.2 Å². The Balaban J connectivity index is 1.42. The lowest BCUT2D eigenvalue weighted by Gasteiger charge is -2.21. The van der Waals surface area contributed by atoms with Gasteiger partial charge in [-0.05, 0) is 41.7 Å². The Morgan fingerprint density at radius 2 is 2.21 bits per heavy atom. The molecule has 2 saturated carbocycles. The smallest absolute Gasteiger partial charge is 0.223 e. The van der Waals surface area contributed by atoms with Gasteiger partial charge in [-0.1, -0.05) is 24.4 Å². The predicted molar refractivity (Wildman–Crippen MR) is 75.2 cm³/mol. The molecule has 2 aliphatic carbocycles. The monoisotopic (exact) mass is 297 g/mol. The van der Waals surface area contributed by atoms with Gasteiger partial charge in [0.05, 0.1) is 0 Å². The number of fused-ring (bicyclic) bond motifs is 1. The maximum Gasteiger partial charge on any atom is 0.223 e. The van der Waals surface area contributed by atoms with Crippen LogP contribution in [-0.2, 0) is 6.54 Å². The topological polar surface area (TPSA) is 29.0 Å². The Bertz CT molecular complexity index is 517. The molecule has 1 aliphatic heterocycles. The molecular formula is C14H17Cl2N3. The molecule has 2 heterocycles. The zero-order chi connectivity index (χ0) is 13.0. The molecule has 1 aromatic heterocycles. The van der Waals surface area contributed by atoms with Gasteiger partial charge in [-0.15, -0.1) is 0 Å². The van der Waals surface area contributed by atoms with E-state index < -0.39 is 0 Å². The average Bonchev–Trinajstić information content (AvgIpc) is 3.25. The van der Waals surface area contributed by atoms with E-state index in [1.54, 1.807) is 6.20 Å². The summed E-state index contributed by atoms with van der Waals surface area (Å²) < 4.78 is 0. The molecule has 0 spiro atoms. The molecule has 0 radical (unpaired) electrons. The number of aromatic nitrogens is 2. The van der Waals surface area contributed by atoms with E-state index in [1.807, 2.05) is 0 Å². The molecular weight excluding hydrogens is 281 g/mol. The fourth-order valence-electron chi connectivity index (χ4n) is 3.75. The van der Waals surface area contributed by atoms with E-state index in [4.69, 9.17) is 23.2 Å². The zero-order valence-electron chi connectivity index (χ0n) is 10.8. The fraction of sp³-hybridized carbons (Fsp3) is 0.714. The molecule has 0 amide bonds. The van der Waals surface area contributed by atoms with Gasteiger partial charge in [0, 0.05) is 31.4 Å². The Kier molecular flexibility index (Phi) is 2.80. The summed E-state index contributed by atoms with van der Waals surface area (Å²) in [6, 6.07) is 0. The zero-order valence-corrected chi connectivity index (χ0v) is 12.3. The molecule has 2 unspecified atom stereocenters. The van der Waals surface area contributed by atoms with E-state index in [0.29, 0.717) is 10.6 Å². The lowest BCUT2D eigenvalue weighted by molar-refractivity contribution is 0.262. The first-order valence-electron chi connectivity index (χ1n) is 7.04. The summed E-state index contributed by atoms with van der Waals surface area (Å²) in [6.45, 7) is 3.30. The van der Waals surface area contributed by atoms with Crippen LogP contribution in [0, 0.1) is 17.3 Å². The van der Waals surface area contributed by atoms with Crippen LogP contribution < -0.4 is 0 Å². The number of rotatable bonds is 4.